The Labute approximate surface area is 206 Å². The molecule has 0 aromatic heterocycles. The van der Waals surface area contributed by atoms with Gasteiger partial charge in [-0.3, -0.25) is 4.79 Å². The van der Waals surface area contributed by atoms with E-state index in [2.05, 4.69) is 40.0 Å². The van der Waals surface area contributed by atoms with Crippen molar-refractivity contribution >= 4 is 46.3 Å². The van der Waals surface area contributed by atoms with Gasteiger partial charge in [-0.05, 0) is 63.9 Å². The number of halogens is 2. The van der Waals surface area contributed by atoms with Gasteiger partial charge in [0.05, 0.1) is 23.3 Å². The molecular weight excluding hydrogens is 539 g/mol. The van der Waals surface area contributed by atoms with Crippen LogP contribution in [0.3, 0.4) is 0 Å². The molecule has 0 saturated heterocycles. The molecule has 0 saturated carbocycles. The fourth-order valence-corrected chi connectivity index (χ4v) is 3.99. The number of carbonyl (C=O) groups is 1. The number of hydrazone groups is 1. The van der Waals surface area contributed by atoms with Gasteiger partial charge in [0, 0.05) is 10.6 Å². The van der Waals surface area contributed by atoms with Crippen LogP contribution in [0.1, 0.15) is 29.2 Å². The highest BCUT2D eigenvalue weighted by Crippen LogP contribution is 2.34. The van der Waals surface area contributed by atoms with Crippen molar-refractivity contribution in [2.45, 2.75) is 26.4 Å². The molecule has 0 spiro atoms. The summed E-state index contributed by atoms with van der Waals surface area (Å²) in [6.07, 6.45) is 2.83. The zero-order chi connectivity index (χ0) is 22.9. The second kappa shape index (κ2) is 11.9. The van der Waals surface area contributed by atoms with Crippen molar-refractivity contribution in [3.63, 3.8) is 0 Å². The molecule has 3 rings (SSSR count). The summed E-state index contributed by atoms with van der Waals surface area (Å²) in [5, 5.41) is 4.74. The van der Waals surface area contributed by atoms with Gasteiger partial charge in [-0.1, -0.05) is 61.0 Å². The van der Waals surface area contributed by atoms with Crippen LogP contribution in [0.15, 0.2) is 65.8 Å². The maximum absolute atomic E-state index is 12.2. The molecule has 0 heterocycles. The Morgan fingerprint density at radius 2 is 1.84 bits per heavy atom. The van der Waals surface area contributed by atoms with Crippen LogP contribution < -0.4 is 14.9 Å². The quantitative estimate of drug-likeness (QED) is 0.204. The van der Waals surface area contributed by atoms with E-state index < -0.39 is 0 Å². The summed E-state index contributed by atoms with van der Waals surface area (Å²) in [4.78, 5) is 12.2. The molecule has 0 unspecified atom stereocenters. The molecule has 166 valence electrons. The maximum atomic E-state index is 12.2. The number of methoxy groups -OCH3 is 1. The predicted octanol–water partition coefficient (Wildman–Crippen LogP) is 5.79. The van der Waals surface area contributed by atoms with Crippen molar-refractivity contribution in [3.05, 3.63) is 91.5 Å². The highest BCUT2D eigenvalue weighted by Gasteiger charge is 2.12. The van der Waals surface area contributed by atoms with Gasteiger partial charge in [0.25, 0.3) is 0 Å². The second-order valence-corrected chi connectivity index (χ2v) is 8.62. The van der Waals surface area contributed by atoms with Crippen LogP contribution in [0.4, 0.5) is 0 Å². The first-order valence-corrected chi connectivity index (χ1v) is 11.6. The number of nitrogens with zero attached hydrogens (tertiary/aromatic N) is 1. The van der Waals surface area contributed by atoms with E-state index >= 15 is 0 Å². The largest absolute Gasteiger partial charge is 0.493 e. The van der Waals surface area contributed by atoms with Gasteiger partial charge in [0.2, 0.25) is 5.91 Å². The lowest BCUT2D eigenvalue weighted by atomic mass is 10.1. The lowest BCUT2D eigenvalue weighted by molar-refractivity contribution is -0.120. The molecule has 0 aliphatic rings. The van der Waals surface area contributed by atoms with E-state index in [0.29, 0.717) is 23.1 Å². The molecule has 1 amide bonds. The van der Waals surface area contributed by atoms with E-state index in [9.17, 15) is 4.79 Å². The van der Waals surface area contributed by atoms with Crippen LogP contribution in [0.25, 0.3) is 0 Å². The lowest BCUT2D eigenvalue weighted by Gasteiger charge is -2.14. The Morgan fingerprint density at radius 1 is 1.12 bits per heavy atom. The summed E-state index contributed by atoms with van der Waals surface area (Å²) < 4.78 is 12.3. The van der Waals surface area contributed by atoms with Crippen LogP contribution in [0.2, 0.25) is 5.02 Å². The number of benzene rings is 3. The van der Waals surface area contributed by atoms with Crippen LogP contribution in [0, 0.1) is 3.57 Å². The topological polar surface area (TPSA) is 59.9 Å². The summed E-state index contributed by atoms with van der Waals surface area (Å²) in [5.74, 6) is 1.03. The van der Waals surface area contributed by atoms with Crippen molar-refractivity contribution < 1.29 is 14.3 Å². The smallest absolute Gasteiger partial charge is 0.244 e. The first-order chi connectivity index (χ1) is 15.5. The Kier molecular flexibility index (Phi) is 8.93. The van der Waals surface area contributed by atoms with Crippen molar-refractivity contribution in [2.75, 3.05) is 7.11 Å². The van der Waals surface area contributed by atoms with Gasteiger partial charge in [0.1, 0.15) is 6.61 Å². The van der Waals surface area contributed by atoms with E-state index in [-0.39, 0.29) is 12.3 Å². The summed E-state index contributed by atoms with van der Waals surface area (Å²) in [6.45, 7) is 2.43. The Morgan fingerprint density at radius 3 is 2.53 bits per heavy atom. The highest BCUT2D eigenvalue weighted by atomic mass is 127. The number of ether oxygens (including phenoxy) is 2. The minimum absolute atomic E-state index is 0.174. The summed E-state index contributed by atoms with van der Waals surface area (Å²) in [7, 11) is 1.58. The number of hydrogen-bond donors (Lipinski definition) is 1. The molecule has 3 aromatic carbocycles. The van der Waals surface area contributed by atoms with Crippen LogP contribution >= 0.6 is 34.2 Å². The van der Waals surface area contributed by atoms with Gasteiger partial charge >= 0.3 is 0 Å². The molecular formula is C25H24ClIN2O3. The van der Waals surface area contributed by atoms with Crippen molar-refractivity contribution in [1.29, 1.82) is 0 Å². The fraction of sp³-hybridized carbons (Fsp3) is 0.200. The molecule has 7 heteroatoms. The van der Waals surface area contributed by atoms with E-state index in [1.54, 1.807) is 13.3 Å². The fourth-order valence-electron chi connectivity index (χ4n) is 3.02. The van der Waals surface area contributed by atoms with Crippen molar-refractivity contribution in [1.82, 2.24) is 5.43 Å². The molecule has 5 nitrogen and oxygen atoms in total. The van der Waals surface area contributed by atoms with E-state index in [1.807, 2.05) is 60.7 Å². The standard InChI is InChI=1S/C25H24ClIN2O3/c1-3-17-8-10-18(11-9-17)14-24(30)29-28-15-19-12-22(27)25(23(13-19)31-2)32-16-20-6-4-5-7-21(20)26/h4-13,15H,3,14,16H2,1-2H3,(H,29,30)/b28-15+. The average Bonchev–Trinajstić information content (AvgIpc) is 2.79. The van der Waals surface area contributed by atoms with Gasteiger partial charge in [0.15, 0.2) is 11.5 Å². The van der Waals surface area contributed by atoms with Crippen LogP contribution in [-0.2, 0) is 24.2 Å². The number of rotatable bonds is 9. The van der Waals surface area contributed by atoms with E-state index in [1.165, 1.54) is 5.56 Å². The molecule has 0 fully saturated rings. The zero-order valence-electron chi connectivity index (χ0n) is 17.9. The summed E-state index contributed by atoms with van der Waals surface area (Å²) >= 11 is 8.40. The molecule has 0 aliphatic carbocycles. The normalized spacial score (nSPS) is 10.9. The molecule has 32 heavy (non-hydrogen) atoms. The maximum Gasteiger partial charge on any atom is 0.244 e. The van der Waals surface area contributed by atoms with Gasteiger partial charge < -0.3 is 9.47 Å². The molecule has 3 aromatic rings. The number of nitrogens with one attached hydrogen (secondary N) is 1. The predicted molar refractivity (Wildman–Crippen MR) is 137 cm³/mol. The molecule has 0 atom stereocenters. The first-order valence-electron chi connectivity index (χ1n) is 10.1. The SMILES string of the molecule is CCc1ccc(CC(=O)N/N=C/c2cc(I)c(OCc3ccccc3Cl)c(OC)c2)cc1. The van der Waals surface area contributed by atoms with Gasteiger partial charge in [-0.25, -0.2) is 5.43 Å². The van der Waals surface area contributed by atoms with Crippen molar-refractivity contribution in [3.8, 4) is 11.5 Å². The van der Waals surface area contributed by atoms with E-state index in [0.717, 1.165) is 26.7 Å². The summed E-state index contributed by atoms with van der Waals surface area (Å²) in [6, 6.07) is 19.3. The molecule has 1 N–H and O–H groups in total. The van der Waals surface area contributed by atoms with Gasteiger partial charge in [-0.2, -0.15) is 5.10 Å². The Balaban J connectivity index is 1.62. The third kappa shape index (κ3) is 6.71. The van der Waals surface area contributed by atoms with Crippen LogP contribution in [0.5, 0.6) is 11.5 Å². The van der Waals surface area contributed by atoms with Crippen molar-refractivity contribution in [2.24, 2.45) is 5.10 Å². The summed E-state index contributed by atoms with van der Waals surface area (Å²) in [5.41, 5.74) is 6.44. The minimum atomic E-state index is -0.174. The first kappa shape index (κ1) is 24.1. The molecule has 0 bridgehead atoms. The Bertz CT molecular complexity index is 1100. The average molecular weight is 563 g/mol. The van der Waals surface area contributed by atoms with Crippen LogP contribution in [-0.4, -0.2) is 19.2 Å². The zero-order valence-corrected chi connectivity index (χ0v) is 20.8. The number of hydrogen-bond acceptors (Lipinski definition) is 4. The van der Waals surface area contributed by atoms with E-state index in [4.69, 9.17) is 21.1 Å². The second-order valence-electron chi connectivity index (χ2n) is 7.05. The minimum Gasteiger partial charge on any atom is -0.493 e. The monoisotopic (exact) mass is 562 g/mol. The molecule has 0 radical (unpaired) electrons. The Hall–Kier alpha value is -2.58. The number of carbonyl (C=O) groups excluding carboxylic acids is 1. The highest BCUT2D eigenvalue weighted by molar-refractivity contribution is 14.1. The number of amides is 1. The third-order valence-electron chi connectivity index (χ3n) is 4.78. The van der Waals surface area contributed by atoms with Gasteiger partial charge in [-0.15, -0.1) is 0 Å². The third-order valence-corrected chi connectivity index (χ3v) is 5.95. The number of aryl methyl sites for hydroxylation is 1. The lowest BCUT2D eigenvalue weighted by Crippen LogP contribution is -2.19. The molecule has 0 aliphatic heterocycles.